The van der Waals surface area contributed by atoms with Crippen LogP contribution in [0.3, 0.4) is 0 Å². The van der Waals surface area contributed by atoms with Gasteiger partial charge in [-0.05, 0) is 33.6 Å². The lowest BCUT2D eigenvalue weighted by molar-refractivity contribution is 0.304. The van der Waals surface area contributed by atoms with Gasteiger partial charge in [0.25, 0.3) is 0 Å². The van der Waals surface area contributed by atoms with Gasteiger partial charge in [-0.15, -0.1) is 0 Å². The number of hydrogen-bond donors (Lipinski definition) is 0. The number of fused-ring (bicyclic) bond motifs is 1. The van der Waals surface area contributed by atoms with E-state index in [-0.39, 0.29) is 0 Å². The van der Waals surface area contributed by atoms with E-state index in [4.69, 9.17) is 4.74 Å². The van der Waals surface area contributed by atoms with Gasteiger partial charge in [-0.25, -0.2) is 4.52 Å². The van der Waals surface area contributed by atoms with E-state index in [1.54, 1.807) is 10.7 Å². The highest BCUT2D eigenvalue weighted by atomic mass is 79.9. The van der Waals surface area contributed by atoms with Crippen molar-refractivity contribution in [2.45, 2.75) is 6.61 Å². The Morgan fingerprint density at radius 3 is 2.83 bits per heavy atom. The van der Waals surface area contributed by atoms with Crippen molar-refractivity contribution in [2.75, 3.05) is 0 Å². The lowest BCUT2D eigenvalue weighted by Crippen LogP contribution is -1.97. The Kier molecular flexibility index (Phi) is 3.02. The molecule has 0 aliphatic heterocycles. The minimum Gasteiger partial charge on any atom is -0.487 e. The molecule has 1 aromatic carbocycles. The molecule has 0 amide bonds. The number of rotatable bonds is 3. The van der Waals surface area contributed by atoms with Gasteiger partial charge in [0.05, 0.1) is 17.9 Å². The minimum absolute atomic E-state index is 0.556. The molecule has 0 aliphatic carbocycles. The minimum atomic E-state index is 0.556. The van der Waals surface area contributed by atoms with Crippen LogP contribution in [0.2, 0.25) is 0 Å². The molecule has 90 valence electrons. The summed E-state index contributed by atoms with van der Waals surface area (Å²) in [5.74, 6) is 0.793. The maximum atomic E-state index is 5.76. The zero-order valence-electron chi connectivity index (χ0n) is 9.58. The predicted molar refractivity (Wildman–Crippen MR) is 73.7 cm³/mol. The molecule has 18 heavy (non-hydrogen) atoms. The van der Waals surface area contributed by atoms with Crippen molar-refractivity contribution < 1.29 is 4.74 Å². The van der Waals surface area contributed by atoms with Crippen LogP contribution in [0.1, 0.15) is 5.56 Å². The number of benzene rings is 1. The molecule has 4 heteroatoms. The molecular formula is C14H11BrN2O. The van der Waals surface area contributed by atoms with Gasteiger partial charge in [-0.1, -0.05) is 30.3 Å². The predicted octanol–water partition coefficient (Wildman–Crippen LogP) is 3.68. The van der Waals surface area contributed by atoms with Crippen LogP contribution in [-0.2, 0) is 6.61 Å². The summed E-state index contributed by atoms with van der Waals surface area (Å²) in [6.45, 7) is 0.556. The number of nitrogens with zero attached hydrogens (tertiary/aromatic N) is 2. The van der Waals surface area contributed by atoms with E-state index >= 15 is 0 Å². The number of ether oxygens (including phenoxy) is 1. The molecule has 0 aliphatic rings. The molecule has 0 radical (unpaired) electrons. The Hall–Kier alpha value is -1.81. The SMILES string of the molecule is Brc1cc(OCc2ccccc2)cn2nccc12. The summed E-state index contributed by atoms with van der Waals surface area (Å²) in [4.78, 5) is 0. The summed E-state index contributed by atoms with van der Waals surface area (Å²) >= 11 is 3.51. The summed E-state index contributed by atoms with van der Waals surface area (Å²) < 4.78 is 8.53. The number of aromatic nitrogens is 2. The van der Waals surface area contributed by atoms with Gasteiger partial charge in [-0.2, -0.15) is 5.10 Å². The molecule has 0 fully saturated rings. The number of hydrogen-bond acceptors (Lipinski definition) is 2. The summed E-state index contributed by atoms with van der Waals surface area (Å²) in [7, 11) is 0. The zero-order chi connectivity index (χ0) is 12.4. The highest BCUT2D eigenvalue weighted by Gasteiger charge is 2.03. The Morgan fingerprint density at radius 1 is 1.17 bits per heavy atom. The highest BCUT2D eigenvalue weighted by molar-refractivity contribution is 9.10. The van der Waals surface area contributed by atoms with E-state index < -0.39 is 0 Å². The normalized spacial score (nSPS) is 10.7. The number of pyridine rings is 1. The van der Waals surface area contributed by atoms with Crippen LogP contribution in [0, 0.1) is 0 Å². The summed E-state index contributed by atoms with van der Waals surface area (Å²) in [5, 5.41) is 4.20. The maximum absolute atomic E-state index is 5.76. The van der Waals surface area contributed by atoms with Gasteiger partial charge in [0, 0.05) is 4.47 Å². The smallest absolute Gasteiger partial charge is 0.139 e. The molecule has 3 nitrogen and oxygen atoms in total. The third-order valence-electron chi connectivity index (χ3n) is 2.68. The van der Waals surface area contributed by atoms with Gasteiger partial charge in [0.15, 0.2) is 0 Å². The van der Waals surface area contributed by atoms with Crippen molar-refractivity contribution >= 4 is 21.4 Å². The van der Waals surface area contributed by atoms with Crippen molar-refractivity contribution in [3.63, 3.8) is 0 Å². The fourth-order valence-corrected chi connectivity index (χ4v) is 2.32. The molecule has 0 spiro atoms. The molecule has 0 unspecified atom stereocenters. The van der Waals surface area contributed by atoms with Crippen molar-refractivity contribution in [3.05, 3.63) is 64.9 Å². The second kappa shape index (κ2) is 4.82. The van der Waals surface area contributed by atoms with Gasteiger partial charge >= 0.3 is 0 Å². The van der Waals surface area contributed by atoms with Crippen LogP contribution in [0.15, 0.2) is 59.3 Å². The lowest BCUT2D eigenvalue weighted by Gasteiger charge is -2.07. The first-order valence-corrected chi connectivity index (χ1v) is 6.42. The van der Waals surface area contributed by atoms with E-state index in [9.17, 15) is 0 Å². The van der Waals surface area contributed by atoms with Gasteiger partial charge < -0.3 is 4.74 Å². The molecule has 3 rings (SSSR count). The Bertz CT molecular complexity index is 664. The topological polar surface area (TPSA) is 26.5 Å². The third-order valence-corrected chi connectivity index (χ3v) is 3.32. The van der Waals surface area contributed by atoms with E-state index in [2.05, 4.69) is 21.0 Å². The maximum Gasteiger partial charge on any atom is 0.139 e. The van der Waals surface area contributed by atoms with E-state index in [1.807, 2.05) is 48.7 Å². The third kappa shape index (κ3) is 2.24. The van der Waals surface area contributed by atoms with Crippen LogP contribution in [-0.4, -0.2) is 9.61 Å². The molecular weight excluding hydrogens is 292 g/mol. The summed E-state index contributed by atoms with van der Waals surface area (Å²) in [6, 6.07) is 14.0. The molecule has 0 saturated carbocycles. The van der Waals surface area contributed by atoms with Crippen molar-refractivity contribution in [1.29, 1.82) is 0 Å². The van der Waals surface area contributed by atoms with E-state index in [1.165, 1.54) is 0 Å². The Morgan fingerprint density at radius 2 is 2.00 bits per heavy atom. The van der Waals surface area contributed by atoms with Crippen molar-refractivity contribution in [2.24, 2.45) is 0 Å². The average molecular weight is 303 g/mol. The van der Waals surface area contributed by atoms with Crippen molar-refractivity contribution in [3.8, 4) is 5.75 Å². The first-order valence-electron chi connectivity index (χ1n) is 5.62. The zero-order valence-corrected chi connectivity index (χ0v) is 11.2. The first kappa shape index (κ1) is 11.3. The quantitative estimate of drug-likeness (QED) is 0.738. The van der Waals surface area contributed by atoms with Crippen LogP contribution in [0.5, 0.6) is 5.75 Å². The van der Waals surface area contributed by atoms with E-state index in [0.717, 1.165) is 21.3 Å². The standard InChI is InChI=1S/C14H11BrN2O/c15-13-8-12(9-17-14(13)6-7-16-17)18-10-11-4-2-1-3-5-11/h1-9H,10H2. The van der Waals surface area contributed by atoms with Gasteiger partial charge in [0.2, 0.25) is 0 Å². The fourth-order valence-electron chi connectivity index (χ4n) is 1.78. The highest BCUT2D eigenvalue weighted by Crippen LogP contribution is 2.24. The van der Waals surface area contributed by atoms with Crippen LogP contribution in [0.4, 0.5) is 0 Å². The van der Waals surface area contributed by atoms with Crippen LogP contribution >= 0.6 is 15.9 Å². The summed E-state index contributed by atoms with van der Waals surface area (Å²) in [5.41, 5.74) is 2.18. The largest absolute Gasteiger partial charge is 0.487 e. The van der Waals surface area contributed by atoms with E-state index in [0.29, 0.717) is 6.61 Å². The molecule has 3 aromatic rings. The summed E-state index contributed by atoms with van der Waals surface area (Å²) in [6.07, 6.45) is 3.64. The second-order valence-electron chi connectivity index (χ2n) is 3.96. The van der Waals surface area contributed by atoms with Crippen LogP contribution in [0.25, 0.3) is 5.52 Å². The average Bonchev–Trinajstić information content (AvgIpc) is 2.86. The van der Waals surface area contributed by atoms with Gasteiger partial charge in [0.1, 0.15) is 12.4 Å². The van der Waals surface area contributed by atoms with Gasteiger partial charge in [-0.3, -0.25) is 0 Å². The molecule has 0 atom stereocenters. The Balaban J connectivity index is 1.82. The molecule has 0 N–H and O–H groups in total. The van der Waals surface area contributed by atoms with Crippen molar-refractivity contribution in [1.82, 2.24) is 9.61 Å². The molecule has 0 bridgehead atoms. The lowest BCUT2D eigenvalue weighted by atomic mass is 10.2. The molecule has 2 aromatic heterocycles. The fraction of sp³-hybridized carbons (Fsp3) is 0.0714. The monoisotopic (exact) mass is 302 g/mol. The first-order chi connectivity index (χ1) is 8.83. The number of halogens is 1. The Labute approximate surface area is 113 Å². The second-order valence-corrected chi connectivity index (χ2v) is 4.81. The molecule has 0 saturated heterocycles. The molecule has 2 heterocycles. The van der Waals surface area contributed by atoms with Crippen LogP contribution < -0.4 is 4.74 Å².